The molecule has 9 nitrogen and oxygen atoms in total. The first-order chi connectivity index (χ1) is 14.3. The average Bonchev–Trinajstić information content (AvgIpc) is 3.12. The molecule has 4 rings (SSSR count). The molecule has 2 aromatic rings. The van der Waals surface area contributed by atoms with Gasteiger partial charge in [-0.05, 0) is 37.3 Å². The number of carbonyl (C=O) groups excluding carboxylic acids is 3. The van der Waals surface area contributed by atoms with E-state index in [9.17, 15) is 19.5 Å². The highest BCUT2D eigenvalue weighted by atomic mass is 16.3. The van der Waals surface area contributed by atoms with Crippen LogP contribution in [0.3, 0.4) is 0 Å². The lowest BCUT2D eigenvalue weighted by molar-refractivity contribution is -0.133. The predicted octanol–water partition coefficient (Wildman–Crippen LogP) is -0.703. The summed E-state index contributed by atoms with van der Waals surface area (Å²) >= 11 is 0. The van der Waals surface area contributed by atoms with Gasteiger partial charge < -0.3 is 31.8 Å². The topological polar surface area (TPSA) is 149 Å². The summed E-state index contributed by atoms with van der Waals surface area (Å²) in [7, 11) is 0. The number of aromatic amines is 1. The predicted molar refractivity (Wildman–Crippen MR) is 110 cm³/mol. The lowest BCUT2D eigenvalue weighted by Gasteiger charge is -2.24. The van der Waals surface area contributed by atoms with Crippen molar-refractivity contribution < 1.29 is 19.5 Å². The summed E-state index contributed by atoms with van der Waals surface area (Å²) in [6.07, 6.45) is 2.74. The van der Waals surface area contributed by atoms with E-state index in [0.29, 0.717) is 12.0 Å². The van der Waals surface area contributed by atoms with E-state index in [0.717, 1.165) is 29.3 Å². The zero-order chi connectivity index (χ0) is 21.4. The van der Waals surface area contributed by atoms with E-state index >= 15 is 0 Å². The molecule has 30 heavy (non-hydrogen) atoms. The number of aliphatic hydroxyl groups excluding tert-OH is 1. The smallest absolute Gasteiger partial charge is 0.243 e. The molecule has 3 amide bonds. The first-order valence-corrected chi connectivity index (χ1v) is 10.2. The highest BCUT2D eigenvalue weighted by Crippen LogP contribution is 2.40. The third-order valence-electron chi connectivity index (χ3n) is 6.01. The lowest BCUT2D eigenvalue weighted by atomic mass is 10.0. The van der Waals surface area contributed by atoms with Crippen LogP contribution in [0, 0.1) is 5.92 Å². The van der Waals surface area contributed by atoms with E-state index in [4.69, 9.17) is 5.73 Å². The minimum absolute atomic E-state index is 0.229. The third-order valence-corrected chi connectivity index (χ3v) is 6.01. The number of nitrogens with one attached hydrogen (secondary N) is 4. The molecular formula is C21H27N5O4. The van der Waals surface area contributed by atoms with Gasteiger partial charge in [0, 0.05) is 29.6 Å². The van der Waals surface area contributed by atoms with Gasteiger partial charge in [-0.1, -0.05) is 18.2 Å². The van der Waals surface area contributed by atoms with Crippen LogP contribution in [0.1, 0.15) is 25.3 Å². The van der Waals surface area contributed by atoms with Crippen LogP contribution in [0.2, 0.25) is 0 Å². The minimum Gasteiger partial charge on any atom is -0.391 e. The van der Waals surface area contributed by atoms with Crippen LogP contribution in [0.25, 0.3) is 10.9 Å². The van der Waals surface area contributed by atoms with Crippen molar-refractivity contribution in [2.45, 2.75) is 56.5 Å². The number of nitrogens with two attached hydrogens (primary N) is 1. The molecule has 1 saturated carbocycles. The van der Waals surface area contributed by atoms with Crippen LogP contribution in [0.5, 0.6) is 0 Å². The van der Waals surface area contributed by atoms with Crippen molar-refractivity contribution in [3.05, 3.63) is 36.0 Å². The second-order valence-electron chi connectivity index (χ2n) is 8.31. The molecule has 1 saturated heterocycles. The molecule has 1 aliphatic heterocycles. The van der Waals surface area contributed by atoms with E-state index in [-0.39, 0.29) is 18.4 Å². The van der Waals surface area contributed by atoms with Gasteiger partial charge in [0.15, 0.2) is 0 Å². The summed E-state index contributed by atoms with van der Waals surface area (Å²) in [6.45, 7) is 1.37. The Hall–Kier alpha value is -2.91. The van der Waals surface area contributed by atoms with Gasteiger partial charge in [-0.15, -0.1) is 0 Å². The summed E-state index contributed by atoms with van der Waals surface area (Å²) in [6, 6.07) is 5.59. The van der Waals surface area contributed by atoms with Gasteiger partial charge in [0.05, 0.1) is 12.1 Å². The van der Waals surface area contributed by atoms with Gasteiger partial charge in [0.1, 0.15) is 12.1 Å². The van der Waals surface area contributed by atoms with Crippen molar-refractivity contribution in [3.8, 4) is 0 Å². The van der Waals surface area contributed by atoms with E-state index < -0.39 is 30.0 Å². The fourth-order valence-corrected chi connectivity index (χ4v) is 4.21. The Morgan fingerprint density at radius 3 is 2.67 bits per heavy atom. The number of carbonyl (C=O) groups is 3. The Labute approximate surface area is 173 Å². The van der Waals surface area contributed by atoms with Crippen molar-refractivity contribution in [1.82, 2.24) is 20.9 Å². The number of benzene rings is 1. The number of para-hydroxylation sites is 1. The van der Waals surface area contributed by atoms with Gasteiger partial charge >= 0.3 is 0 Å². The number of piperidine rings is 1. The molecule has 6 atom stereocenters. The molecule has 1 aliphatic carbocycles. The Bertz CT molecular complexity index is 961. The van der Waals surface area contributed by atoms with Gasteiger partial charge in [0.2, 0.25) is 17.7 Å². The Morgan fingerprint density at radius 1 is 1.23 bits per heavy atom. The summed E-state index contributed by atoms with van der Waals surface area (Å²) in [5.74, 6) is -1.11. The zero-order valence-electron chi connectivity index (χ0n) is 16.7. The monoisotopic (exact) mass is 413 g/mol. The van der Waals surface area contributed by atoms with Crippen molar-refractivity contribution in [3.63, 3.8) is 0 Å². The molecule has 7 N–H and O–H groups in total. The van der Waals surface area contributed by atoms with E-state index in [1.807, 2.05) is 24.3 Å². The van der Waals surface area contributed by atoms with Crippen molar-refractivity contribution in [1.29, 1.82) is 0 Å². The van der Waals surface area contributed by atoms with Crippen LogP contribution in [0.15, 0.2) is 30.5 Å². The van der Waals surface area contributed by atoms with Gasteiger partial charge in [-0.3, -0.25) is 14.4 Å². The summed E-state index contributed by atoms with van der Waals surface area (Å²) < 4.78 is 0. The molecule has 9 heteroatoms. The van der Waals surface area contributed by atoms with E-state index in [1.54, 1.807) is 6.20 Å². The summed E-state index contributed by atoms with van der Waals surface area (Å²) in [5, 5.41) is 19.3. The molecule has 0 bridgehead atoms. The van der Waals surface area contributed by atoms with E-state index in [1.165, 1.54) is 6.92 Å². The second-order valence-corrected chi connectivity index (χ2v) is 8.31. The SMILES string of the molecule is C[C@@H](O)[C@H](NC(=O)[C@H](Cc1c[nH]c2ccccc12)NC(=O)[C@@H]1CC2C[C@@H]2N1)C(N)=O. The summed E-state index contributed by atoms with van der Waals surface area (Å²) in [4.78, 5) is 40.5. The molecule has 1 aromatic carbocycles. The Balaban J connectivity index is 1.52. The number of primary amides is 1. The third kappa shape index (κ3) is 4.17. The number of aromatic nitrogens is 1. The molecule has 2 aliphatic rings. The van der Waals surface area contributed by atoms with Crippen LogP contribution >= 0.6 is 0 Å². The molecule has 2 fully saturated rings. The number of fused-ring (bicyclic) bond motifs is 2. The van der Waals surface area contributed by atoms with E-state index in [2.05, 4.69) is 20.9 Å². The zero-order valence-corrected chi connectivity index (χ0v) is 16.7. The normalized spacial score (nSPS) is 25.2. The molecule has 0 radical (unpaired) electrons. The first-order valence-electron chi connectivity index (χ1n) is 10.2. The number of hydrogen-bond acceptors (Lipinski definition) is 5. The quantitative estimate of drug-likeness (QED) is 0.338. The summed E-state index contributed by atoms with van der Waals surface area (Å²) in [5.41, 5.74) is 7.09. The van der Waals surface area contributed by atoms with Crippen LogP contribution < -0.4 is 21.7 Å². The number of amides is 3. The van der Waals surface area contributed by atoms with Crippen molar-refractivity contribution >= 4 is 28.6 Å². The largest absolute Gasteiger partial charge is 0.391 e. The second kappa shape index (κ2) is 8.08. The molecule has 1 aromatic heterocycles. The number of aliphatic hydroxyl groups is 1. The Kier molecular flexibility index (Phi) is 5.48. The van der Waals surface area contributed by atoms with Crippen LogP contribution in [-0.2, 0) is 20.8 Å². The Morgan fingerprint density at radius 2 is 2.00 bits per heavy atom. The lowest BCUT2D eigenvalue weighted by Crippen LogP contribution is -2.58. The number of hydrogen-bond donors (Lipinski definition) is 6. The van der Waals surface area contributed by atoms with Crippen LogP contribution in [-0.4, -0.2) is 58.1 Å². The van der Waals surface area contributed by atoms with Crippen molar-refractivity contribution in [2.24, 2.45) is 11.7 Å². The van der Waals surface area contributed by atoms with Gasteiger partial charge in [-0.25, -0.2) is 0 Å². The average molecular weight is 413 g/mol. The molecule has 1 unspecified atom stereocenters. The maximum atomic E-state index is 13.0. The molecule has 160 valence electrons. The van der Waals surface area contributed by atoms with Gasteiger partial charge in [-0.2, -0.15) is 0 Å². The number of rotatable bonds is 8. The molecular weight excluding hydrogens is 386 g/mol. The fraction of sp³-hybridized carbons (Fsp3) is 0.476. The maximum absolute atomic E-state index is 13.0. The highest BCUT2D eigenvalue weighted by molar-refractivity contribution is 5.94. The van der Waals surface area contributed by atoms with Gasteiger partial charge in [0.25, 0.3) is 0 Å². The standard InChI is InChI=1S/C21H27N5O4/c1-10(27)18(19(22)28)26-21(30)17(25-20(29)16-7-11-6-15(11)24-16)8-12-9-23-14-5-3-2-4-13(12)14/h2-5,9-11,15-18,23-24,27H,6-8H2,1H3,(H2,22,28)(H,25,29)(H,26,30)/t10-,11?,15+,16+,17+,18+/m1/s1. The molecule has 2 heterocycles. The number of H-pyrrole nitrogens is 1. The van der Waals surface area contributed by atoms with Crippen LogP contribution in [0.4, 0.5) is 0 Å². The highest BCUT2D eigenvalue weighted by Gasteiger charge is 2.48. The molecule has 0 spiro atoms. The first kappa shape index (κ1) is 20.4. The van der Waals surface area contributed by atoms with Crippen molar-refractivity contribution in [2.75, 3.05) is 0 Å². The maximum Gasteiger partial charge on any atom is 0.243 e. The minimum atomic E-state index is -1.24. The fourth-order valence-electron chi connectivity index (χ4n) is 4.21.